The summed E-state index contributed by atoms with van der Waals surface area (Å²) in [5.41, 5.74) is 0. The summed E-state index contributed by atoms with van der Waals surface area (Å²) in [6.07, 6.45) is 19.2. The summed E-state index contributed by atoms with van der Waals surface area (Å²) in [7, 11) is 0. The van der Waals surface area contributed by atoms with E-state index in [2.05, 4.69) is 20.8 Å². The molecule has 0 spiro atoms. The third-order valence-electron chi connectivity index (χ3n) is 4.33. The van der Waals surface area contributed by atoms with E-state index in [1.165, 1.54) is 77.0 Å². The normalized spacial score (nSPS) is 11.5. The molecule has 3 nitrogen and oxygen atoms in total. The molecule has 152 valence electrons. The topological polar surface area (TPSA) is 27.7 Å². The first-order chi connectivity index (χ1) is 12.3. The Morgan fingerprint density at radius 3 is 0.960 bits per heavy atom. The van der Waals surface area contributed by atoms with Crippen LogP contribution in [0.4, 0.5) is 0 Å². The first-order valence-corrected chi connectivity index (χ1v) is 14.2. The van der Waals surface area contributed by atoms with E-state index in [-0.39, 0.29) is 0 Å². The Kier molecular flexibility index (Phi) is 23.4. The van der Waals surface area contributed by atoms with Gasteiger partial charge in [-0.15, -0.1) is 0 Å². The standard InChI is InChI=1S/3C7H15O.Sb/c3*1-2-3-4-5-6-7-8;/h3*2-7H2,1H3;/q3*-1;+3. The zero-order valence-corrected chi connectivity index (χ0v) is 20.0. The van der Waals surface area contributed by atoms with Gasteiger partial charge in [0.1, 0.15) is 0 Å². The first-order valence-electron chi connectivity index (χ1n) is 11.0. The molecule has 0 N–H and O–H groups in total. The van der Waals surface area contributed by atoms with Gasteiger partial charge in [-0.3, -0.25) is 0 Å². The molecule has 0 unspecified atom stereocenters. The van der Waals surface area contributed by atoms with E-state index in [0.717, 1.165) is 39.1 Å². The van der Waals surface area contributed by atoms with E-state index in [1.807, 2.05) is 0 Å². The number of rotatable bonds is 21. The second kappa shape index (κ2) is 22.7. The molecule has 0 amide bonds. The molecule has 0 aromatic carbocycles. The second-order valence-corrected chi connectivity index (χ2v) is 10.5. The summed E-state index contributed by atoms with van der Waals surface area (Å²) in [6.45, 7) is 9.26. The van der Waals surface area contributed by atoms with Crippen molar-refractivity contribution in [3.63, 3.8) is 0 Å². The minimum atomic E-state index is -2.38. The molecular formula is C21H45O3Sb. The van der Waals surface area contributed by atoms with Gasteiger partial charge in [-0.05, 0) is 0 Å². The van der Waals surface area contributed by atoms with Gasteiger partial charge in [-0.1, -0.05) is 0 Å². The van der Waals surface area contributed by atoms with E-state index in [4.69, 9.17) is 9.05 Å². The van der Waals surface area contributed by atoms with Crippen LogP contribution < -0.4 is 0 Å². The maximum absolute atomic E-state index is 6.02. The second-order valence-electron chi connectivity index (χ2n) is 6.97. The van der Waals surface area contributed by atoms with E-state index >= 15 is 0 Å². The molecule has 0 aromatic heterocycles. The van der Waals surface area contributed by atoms with Crippen LogP contribution in [-0.2, 0) is 9.05 Å². The average molecular weight is 467 g/mol. The minimum absolute atomic E-state index is 0.832. The van der Waals surface area contributed by atoms with Gasteiger partial charge in [0, 0.05) is 0 Å². The van der Waals surface area contributed by atoms with Gasteiger partial charge in [0.15, 0.2) is 0 Å². The van der Waals surface area contributed by atoms with Crippen LogP contribution in [0.1, 0.15) is 117 Å². The quantitative estimate of drug-likeness (QED) is 0.135. The van der Waals surface area contributed by atoms with Gasteiger partial charge in [-0.25, -0.2) is 0 Å². The molecule has 0 saturated carbocycles. The van der Waals surface area contributed by atoms with E-state index in [9.17, 15) is 0 Å². The zero-order chi connectivity index (χ0) is 18.4. The first kappa shape index (κ1) is 25.7. The fraction of sp³-hybridized carbons (Fsp3) is 1.00. The van der Waals surface area contributed by atoms with Crippen LogP contribution in [0.2, 0.25) is 0 Å². The fourth-order valence-corrected chi connectivity index (χ4v) is 5.67. The van der Waals surface area contributed by atoms with Crippen LogP contribution in [0.5, 0.6) is 0 Å². The molecule has 0 rings (SSSR count). The zero-order valence-electron chi connectivity index (χ0n) is 17.4. The molecule has 0 aliphatic rings. The fourth-order valence-electron chi connectivity index (χ4n) is 2.65. The predicted molar refractivity (Wildman–Crippen MR) is 110 cm³/mol. The Hall–Kier alpha value is 0.698. The predicted octanol–water partition coefficient (Wildman–Crippen LogP) is 6.93. The van der Waals surface area contributed by atoms with E-state index in [1.54, 1.807) is 0 Å². The van der Waals surface area contributed by atoms with Gasteiger partial charge >= 0.3 is 167 Å². The van der Waals surface area contributed by atoms with Gasteiger partial charge < -0.3 is 0 Å². The Balaban J connectivity index is 3.76. The average Bonchev–Trinajstić information content (AvgIpc) is 2.63. The van der Waals surface area contributed by atoms with Gasteiger partial charge in [0.25, 0.3) is 0 Å². The van der Waals surface area contributed by atoms with Crippen LogP contribution in [0.15, 0.2) is 0 Å². The summed E-state index contributed by atoms with van der Waals surface area (Å²) in [5.74, 6) is 0. The number of hydrogen-bond acceptors (Lipinski definition) is 3. The third kappa shape index (κ3) is 20.9. The van der Waals surface area contributed by atoms with Crippen molar-refractivity contribution in [2.24, 2.45) is 0 Å². The Bertz CT molecular complexity index is 201. The third-order valence-corrected chi connectivity index (χ3v) is 7.70. The van der Waals surface area contributed by atoms with Crippen molar-refractivity contribution in [3.05, 3.63) is 0 Å². The van der Waals surface area contributed by atoms with Crippen LogP contribution in [-0.4, -0.2) is 41.3 Å². The summed E-state index contributed by atoms with van der Waals surface area (Å²) < 4.78 is 18.0. The molecule has 0 bridgehead atoms. The SMILES string of the molecule is CCCCCCC[O][Sb]([O]CCCCCCC)[O]CCCCCCC. The van der Waals surface area contributed by atoms with Gasteiger partial charge in [0.2, 0.25) is 0 Å². The van der Waals surface area contributed by atoms with Crippen LogP contribution in [0, 0.1) is 0 Å². The van der Waals surface area contributed by atoms with Gasteiger partial charge in [0.05, 0.1) is 0 Å². The van der Waals surface area contributed by atoms with Crippen LogP contribution in [0.25, 0.3) is 0 Å². The molecule has 0 radical (unpaired) electrons. The Labute approximate surface area is 167 Å². The van der Waals surface area contributed by atoms with E-state index in [0.29, 0.717) is 0 Å². The van der Waals surface area contributed by atoms with Crippen molar-refractivity contribution < 1.29 is 9.05 Å². The molecular weight excluding hydrogens is 422 g/mol. The summed E-state index contributed by atoms with van der Waals surface area (Å²) in [6, 6.07) is 0. The molecule has 0 heterocycles. The van der Waals surface area contributed by atoms with Crippen molar-refractivity contribution in [1.82, 2.24) is 0 Å². The van der Waals surface area contributed by atoms with Crippen molar-refractivity contribution in [2.45, 2.75) is 117 Å². The molecule has 0 fully saturated rings. The van der Waals surface area contributed by atoms with Crippen LogP contribution >= 0.6 is 0 Å². The Morgan fingerprint density at radius 2 is 0.680 bits per heavy atom. The summed E-state index contributed by atoms with van der Waals surface area (Å²) in [5, 5.41) is 0. The number of hydrogen-bond donors (Lipinski definition) is 0. The monoisotopic (exact) mass is 466 g/mol. The van der Waals surface area contributed by atoms with E-state index < -0.39 is 21.5 Å². The molecule has 0 atom stereocenters. The van der Waals surface area contributed by atoms with Crippen molar-refractivity contribution in [2.75, 3.05) is 19.8 Å². The molecule has 4 heteroatoms. The summed E-state index contributed by atoms with van der Waals surface area (Å²) >= 11 is -2.38. The molecule has 0 saturated heterocycles. The summed E-state index contributed by atoms with van der Waals surface area (Å²) in [4.78, 5) is 0. The Morgan fingerprint density at radius 1 is 0.400 bits per heavy atom. The van der Waals surface area contributed by atoms with Crippen molar-refractivity contribution in [3.8, 4) is 0 Å². The molecule has 25 heavy (non-hydrogen) atoms. The van der Waals surface area contributed by atoms with Crippen molar-refractivity contribution >= 4 is 21.5 Å². The van der Waals surface area contributed by atoms with Crippen LogP contribution in [0.3, 0.4) is 0 Å². The maximum atomic E-state index is 6.02. The molecule has 0 aromatic rings. The van der Waals surface area contributed by atoms with Gasteiger partial charge in [-0.2, -0.15) is 0 Å². The number of unbranched alkanes of at least 4 members (excludes halogenated alkanes) is 12. The van der Waals surface area contributed by atoms with Crippen molar-refractivity contribution in [1.29, 1.82) is 0 Å². The molecule has 0 aliphatic carbocycles. The molecule has 0 aliphatic heterocycles.